The van der Waals surface area contributed by atoms with Crippen LogP contribution < -0.4 is 0 Å². The molecular formula is C20H22Br2SiZr. The Kier molecular flexibility index (Phi) is 12.8. The second kappa shape index (κ2) is 13.0. The van der Waals surface area contributed by atoms with Gasteiger partial charge in [-0.3, -0.25) is 0 Å². The molecule has 0 saturated heterocycles. The second-order valence-corrected chi connectivity index (χ2v) is 14.7. The Bertz CT molecular complexity index is 718. The van der Waals surface area contributed by atoms with Crippen LogP contribution in [0, 0.1) is 0 Å². The Balaban J connectivity index is 0.000000341. The number of halogens is 2. The van der Waals surface area contributed by atoms with E-state index in [1.54, 1.807) is 23.3 Å². The minimum atomic E-state index is 0. The molecule has 24 heavy (non-hydrogen) atoms. The Morgan fingerprint density at radius 3 is 1.33 bits per heavy atom. The van der Waals surface area contributed by atoms with Crippen molar-refractivity contribution in [3.05, 3.63) is 84.9 Å². The molecule has 4 aromatic rings. The van der Waals surface area contributed by atoms with Gasteiger partial charge in [0.2, 0.25) is 0 Å². The molecule has 0 aromatic heterocycles. The number of benzene rings is 2. The van der Waals surface area contributed by atoms with Crippen LogP contribution in [0.3, 0.4) is 0 Å². The molecule has 4 rings (SSSR count). The number of hydrogen-bond acceptors (Lipinski definition) is 0. The molecule has 0 radical (unpaired) electrons. The molecule has 0 nitrogen and oxygen atoms in total. The van der Waals surface area contributed by atoms with E-state index in [4.69, 9.17) is 0 Å². The van der Waals surface area contributed by atoms with Gasteiger partial charge in [-0.25, -0.2) is 0 Å². The van der Waals surface area contributed by atoms with Crippen molar-refractivity contribution >= 4 is 60.9 Å². The molecule has 0 aliphatic carbocycles. The van der Waals surface area contributed by atoms with Gasteiger partial charge in [-0.05, 0) is 0 Å². The van der Waals surface area contributed by atoms with Gasteiger partial charge in [0.05, 0.1) is 0 Å². The SMILES string of the molecule is Br.Br.C[Si](C)=[Zr+2].c1ccc2[cH-]ccc2c1.c1ccc2[cH-]ccc2c1. The Hall–Kier alpha value is -0.280. The van der Waals surface area contributed by atoms with E-state index < -0.39 is 0 Å². The van der Waals surface area contributed by atoms with E-state index in [2.05, 4.69) is 98.0 Å². The van der Waals surface area contributed by atoms with Crippen molar-refractivity contribution in [2.45, 2.75) is 13.1 Å². The average Bonchev–Trinajstić information content (AvgIpc) is 3.16. The van der Waals surface area contributed by atoms with Crippen LogP contribution >= 0.6 is 34.0 Å². The predicted octanol–water partition coefficient (Wildman–Crippen LogP) is 7.06. The van der Waals surface area contributed by atoms with Crippen molar-refractivity contribution in [2.75, 3.05) is 0 Å². The largest absolute Gasteiger partial charge is 0.168 e. The van der Waals surface area contributed by atoms with Crippen LogP contribution in [0.4, 0.5) is 0 Å². The van der Waals surface area contributed by atoms with E-state index >= 15 is 0 Å². The molecule has 4 aromatic carbocycles. The van der Waals surface area contributed by atoms with Crippen molar-refractivity contribution in [3.8, 4) is 0 Å². The second-order valence-electron chi connectivity index (χ2n) is 5.31. The van der Waals surface area contributed by atoms with Crippen LogP contribution in [0.1, 0.15) is 0 Å². The summed E-state index contributed by atoms with van der Waals surface area (Å²) in [6, 6.07) is 29.3. The van der Waals surface area contributed by atoms with E-state index in [0.717, 1.165) is 0 Å². The molecule has 0 saturated carbocycles. The third kappa shape index (κ3) is 8.20. The van der Waals surface area contributed by atoms with Crippen LogP contribution in [0.15, 0.2) is 84.9 Å². The molecule has 0 bridgehead atoms. The van der Waals surface area contributed by atoms with E-state index in [9.17, 15) is 0 Å². The monoisotopic (exact) mass is 538 g/mol. The normalized spacial score (nSPS) is 8.83. The summed E-state index contributed by atoms with van der Waals surface area (Å²) in [6.45, 7) is 4.62. The predicted molar refractivity (Wildman–Crippen MR) is 117 cm³/mol. The fraction of sp³-hybridized carbons (Fsp3) is 0.100. The van der Waals surface area contributed by atoms with Gasteiger partial charge in [0.1, 0.15) is 0 Å². The maximum atomic E-state index is 2.31. The van der Waals surface area contributed by atoms with Crippen molar-refractivity contribution in [1.29, 1.82) is 0 Å². The smallest absolute Gasteiger partial charge is 0.0809 e. The third-order valence-electron chi connectivity index (χ3n) is 3.10. The first-order chi connectivity index (χ1) is 10.7. The van der Waals surface area contributed by atoms with E-state index in [0.29, 0.717) is 0 Å². The summed E-state index contributed by atoms with van der Waals surface area (Å²) in [5, 5.41) is 5.32. The van der Waals surface area contributed by atoms with E-state index in [1.807, 2.05) is 0 Å². The standard InChI is InChI=1S/2C9H7.C2H6Si.2BrH.Zr/c2*1-2-5-9-7-3-6-8(9)4-1;1-3-2;;;/h2*1-7H;1-2H3;2*1H;/q2*-1;;;;+2. The topological polar surface area (TPSA) is 0 Å². The van der Waals surface area contributed by atoms with Crippen LogP contribution in [0.2, 0.25) is 13.1 Å². The fourth-order valence-corrected chi connectivity index (χ4v) is 2.14. The molecule has 4 heteroatoms. The maximum Gasteiger partial charge on any atom is -0.0809 e. The van der Waals surface area contributed by atoms with Crippen LogP contribution in [-0.4, -0.2) is 5.43 Å². The summed E-state index contributed by atoms with van der Waals surface area (Å²) in [4.78, 5) is 0. The number of fused-ring (bicyclic) bond motifs is 2. The first kappa shape index (κ1) is 23.7. The van der Waals surface area contributed by atoms with Gasteiger partial charge in [0, 0.05) is 0 Å². The first-order valence-corrected chi connectivity index (χ1v) is 13.6. The molecule has 0 atom stereocenters. The molecular weight excluding hydrogens is 519 g/mol. The van der Waals surface area contributed by atoms with Gasteiger partial charge in [0.15, 0.2) is 0 Å². The first-order valence-electron chi connectivity index (χ1n) is 7.39. The molecule has 0 amide bonds. The van der Waals surface area contributed by atoms with Gasteiger partial charge >= 0.3 is 41.9 Å². The summed E-state index contributed by atoms with van der Waals surface area (Å²) in [6.07, 6.45) is 0. The summed E-state index contributed by atoms with van der Waals surface area (Å²) < 4.78 is 0. The molecule has 0 aliphatic heterocycles. The summed E-state index contributed by atoms with van der Waals surface area (Å²) in [5.74, 6) is 0. The van der Waals surface area contributed by atoms with Gasteiger partial charge in [0.25, 0.3) is 0 Å². The van der Waals surface area contributed by atoms with Crippen molar-refractivity contribution in [1.82, 2.24) is 0 Å². The van der Waals surface area contributed by atoms with Gasteiger partial charge in [-0.15, -0.1) is 93.3 Å². The molecule has 0 unspecified atom stereocenters. The Morgan fingerprint density at radius 1 is 0.667 bits per heavy atom. The molecule has 0 aliphatic rings. The average molecular weight is 542 g/mol. The fourth-order valence-electron chi connectivity index (χ4n) is 2.14. The van der Waals surface area contributed by atoms with E-state index in [-0.39, 0.29) is 39.4 Å². The molecule has 124 valence electrons. The van der Waals surface area contributed by atoms with Gasteiger partial charge < -0.3 is 0 Å². The summed E-state index contributed by atoms with van der Waals surface area (Å²) in [5.41, 5.74) is 0.210. The molecule has 0 fully saturated rings. The zero-order valence-corrected chi connectivity index (χ0v) is 20.8. The number of rotatable bonds is 0. The Labute approximate surface area is 180 Å². The van der Waals surface area contributed by atoms with Gasteiger partial charge in [-0.1, -0.05) is 12.1 Å². The third-order valence-corrected chi connectivity index (χ3v) is 3.10. The van der Waals surface area contributed by atoms with Crippen molar-refractivity contribution < 1.29 is 23.3 Å². The van der Waals surface area contributed by atoms with E-state index in [1.165, 1.54) is 21.5 Å². The zero-order valence-electron chi connectivity index (χ0n) is 13.9. The van der Waals surface area contributed by atoms with Crippen molar-refractivity contribution in [2.24, 2.45) is 0 Å². The minimum absolute atomic E-state index is 0. The van der Waals surface area contributed by atoms with Crippen LogP contribution in [-0.2, 0) is 23.3 Å². The summed E-state index contributed by atoms with van der Waals surface area (Å²) in [7, 11) is 0. The Morgan fingerprint density at radius 2 is 1.00 bits per heavy atom. The van der Waals surface area contributed by atoms with Crippen LogP contribution in [0.5, 0.6) is 0 Å². The van der Waals surface area contributed by atoms with Crippen molar-refractivity contribution in [3.63, 3.8) is 0 Å². The molecule has 0 spiro atoms. The quantitative estimate of drug-likeness (QED) is 0.165. The van der Waals surface area contributed by atoms with Crippen LogP contribution in [0.25, 0.3) is 21.5 Å². The zero-order chi connectivity index (χ0) is 15.8. The van der Waals surface area contributed by atoms with Gasteiger partial charge in [-0.2, -0.15) is 35.0 Å². The maximum absolute atomic E-state index is 2.31. The molecule has 0 heterocycles. The molecule has 0 N–H and O–H groups in total. The number of hydrogen-bond donors (Lipinski definition) is 0. The summed E-state index contributed by atoms with van der Waals surface area (Å²) >= 11 is 1.74. The minimum Gasteiger partial charge on any atom is -0.168 e.